The SMILES string of the molecule is CCOc1ccc2nc(N=Cc3c(C)[nH]n(-c4ccc(C)c(Cl)c4)c3=O)sc2c1. The van der Waals surface area contributed by atoms with Crippen LogP contribution in [0.25, 0.3) is 15.9 Å². The van der Waals surface area contributed by atoms with Crippen molar-refractivity contribution >= 4 is 44.5 Å². The monoisotopic (exact) mass is 426 g/mol. The van der Waals surface area contributed by atoms with Crippen LogP contribution in [0, 0.1) is 13.8 Å². The molecule has 4 aromatic rings. The Bertz CT molecular complexity index is 1290. The number of halogens is 1. The molecule has 2 heterocycles. The van der Waals surface area contributed by atoms with Gasteiger partial charge in [-0.15, -0.1) is 0 Å². The van der Waals surface area contributed by atoms with Gasteiger partial charge in [-0.2, -0.15) is 0 Å². The molecule has 0 radical (unpaired) electrons. The summed E-state index contributed by atoms with van der Waals surface area (Å²) in [6, 6.07) is 11.2. The van der Waals surface area contributed by atoms with Crippen LogP contribution in [0.4, 0.5) is 5.13 Å². The molecule has 1 N–H and O–H groups in total. The van der Waals surface area contributed by atoms with E-state index in [1.165, 1.54) is 16.0 Å². The van der Waals surface area contributed by atoms with Gasteiger partial charge in [0.1, 0.15) is 5.75 Å². The summed E-state index contributed by atoms with van der Waals surface area (Å²) >= 11 is 7.65. The van der Waals surface area contributed by atoms with E-state index < -0.39 is 0 Å². The van der Waals surface area contributed by atoms with Crippen molar-refractivity contribution in [2.24, 2.45) is 4.99 Å². The van der Waals surface area contributed by atoms with E-state index in [1.54, 1.807) is 12.3 Å². The molecule has 2 aromatic heterocycles. The van der Waals surface area contributed by atoms with Gasteiger partial charge in [-0.3, -0.25) is 9.89 Å². The highest BCUT2D eigenvalue weighted by atomic mass is 35.5. The van der Waals surface area contributed by atoms with Crippen LogP contribution in [0.5, 0.6) is 5.75 Å². The van der Waals surface area contributed by atoms with Gasteiger partial charge >= 0.3 is 0 Å². The normalized spacial score (nSPS) is 11.6. The van der Waals surface area contributed by atoms with Crippen molar-refractivity contribution in [3.8, 4) is 11.4 Å². The first kappa shape index (κ1) is 19.4. The zero-order chi connectivity index (χ0) is 20.5. The number of aromatic nitrogens is 3. The van der Waals surface area contributed by atoms with Crippen LogP contribution in [-0.2, 0) is 0 Å². The summed E-state index contributed by atoms with van der Waals surface area (Å²) in [5.74, 6) is 0.806. The molecule has 0 aliphatic carbocycles. The molecule has 0 amide bonds. The summed E-state index contributed by atoms with van der Waals surface area (Å²) in [4.78, 5) is 21.8. The third kappa shape index (κ3) is 3.83. The Kier molecular flexibility index (Phi) is 5.25. The maximum absolute atomic E-state index is 12.9. The smallest absolute Gasteiger partial charge is 0.280 e. The maximum Gasteiger partial charge on any atom is 0.280 e. The Morgan fingerprint density at radius 3 is 2.86 bits per heavy atom. The summed E-state index contributed by atoms with van der Waals surface area (Å²) in [5, 5.41) is 4.27. The average Bonchev–Trinajstić information content (AvgIpc) is 3.22. The lowest BCUT2D eigenvalue weighted by molar-refractivity contribution is 0.341. The molecule has 8 heteroatoms. The molecule has 2 aromatic carbocycles. The lowest BCUT2D eigenvalue weighted by Crippen LogP contribution is -2.17. The van der Waals surface area contributed by atoms with E-state index in [2.05, 4.69) is 15.1 Å². The van der Waals surface area contributed by atoms with Crippen LogP contribution >= 0.6 is 22.9 Å². The van der Waals surface area contributed by atoms with Gasteiger partial charge in [-0.1, -0.05) is 29.0 Å². The highest BCUT2D eigenvalue weighted by Gasteiger charge is 2.12. The zero-order valence-electron chi connectivity index (χ0n) is 16.2. The minimum Gasteiger partial charge on any atom is -0.494 e. The molecule has 4 rings (SSSR count). The van der Waals surface area contributed by atoms with Gasteiger partial charge in [0.05, 0.1) is 28.1 Å². The maximum atomic E-state index is 12.9. The number of fused-ring (bicyclic) bond motifs is 1. The second-order valence-corrected chi connectivity index (χ2v) is 7.96. The molecule has 0 unspecified atom stereocenters. The van der Waals surface area contributed by atoms with E-state index in [0.717, 1.165) is 27.2 Å². The number of H-pyrrole nitrogens is 1. The number of thiazole rings is 1. The van der Waals surface area contributed by atoms with Crippen LogP contribution < -0.4 is 10.3 Å². The summed E-state index contributed by atoms with van der Waals surface area (Å²) in [7, 11) is 0. The Hall–Kier alpha value is -2.90. The van der Waals surface area contributed by atoms with E-state index in [-0.39, 0.29) is 5.56 Å². The fourth-order valence-electron chi connectivity index (χ4n) is 2.94. The predicted octanol–water partition coefficient (Wildman–Crippen LogP) is 5.19. The first-order valence-corrected chi connectivity index (χ1v) is 10.3. The minimum atomic E-state index is -0.189. The fraction of sp³-hybridized carbons (Fsp3) is 0.190. The number of aromatic amines is 1. The van der Waals surface area contributed by atoms with Gasteiger partial charge < -0.3 is 4.74 Å². The average molecular weight is 427 g/mol. The molecule has 0 aliphatic rings. The molecule has 6 nitrogen and oxygen atoms in total. The fourth-order valence-corrected chi connectivity index (χ4v) is 3.95. The molecular formula is C21H19ClN4O2S. The van der Waals surface area contributed by atoms with Crippen LogP contribution in [0.2, 0.25) is 5.02 Å². The van der Waals surface area contributed by atoms with Crippen molar-refractivity contribution in [1.29, 1.82) is 0 Å². The molecule has 148 valence electrons. The number of benzene rings is 2. The molecule has 0 fully saturated rings. The first-order chi connectivity index (χ1) is 14.0. The Morgan fingerprint density at radius 2 is 2.10 bits per heavy atom. The van der Waals surface area contributed by atoms with Crippen molar-refractivity contribution in [1.82, 2.24) is 14.8 Å². The quantitative estimate of drug-likeness (QED) is 0.446. The Balaban J connectivity index is 1.66. The number of nitrogens with zero attached hydrogens (tertiary/aromatic N) is 3. The lowest BCUT2D eigenvalue weighted by atomic mass is 10.2. The number of hydrogen-bond acceptors (Lipinski definition) is 5. The van der Waals surface area contributed by atoms with Gasteiger partial charge in [0.25, 0.3) is 5.56 Å². The second kappa shape index (κ2) is 7.85. The number of hydrogen-bond donors (Lipinski definition) is 1. The van der Waals surface area contributed by atoms with Crippen LogP contribution in [0.1, 0.15) is 23.7 Å². The Morgan fingerprint density at radius 1 is 1.28 bits per heavy atom. The van der Waals surface area contributed by atoms with Gasteiger partial charge in [0, 0.05) is 16.9 Å². The molecule has 29 heavy (non-hydrogen) atoms. The number of aliphatic imine (C=N–C) groups is 1. The van der Waals surface area contributed by atoms with Crippen LogP contribution in [0.3, 0.4) is 0 Å². The number of nitrogens with one attached hydrogen (secondary N) is 1. The van der Waals surface area contributed by atoms with Crippen molar-refractivity contribution in [2.75, 3.05) is 6.61 Å². The molecule has 0 bridgehead atoms. The molecule has 0 spiro atoms. The predicted molar refractivity (Wildman–Crippen MR) is 119 cm³/mol. The van der Waals surface area contributed by atoms with E-state index in [0.29, 0.717) is 28.0 Å². The third-order valence-electron chi connectivity index (χ3n) is 4.49. The standard InChI is InChI=1S/C21H19ClN4O2S/c1-4-28-15-7-8-18-19(10-15)29-21(24-18)23-11-16-13(3)25-26(20(16)27)14-6-5-12(2)17(22)9-14/h5-11,25H,4H2,1-3H3. The van der Waals surface area contributed by atoms with Gasteiger partial charge in [-0.25, -0.2) is 14.7 Å². The van der Waals surface area contributed by atoms with Crippen molar-refractivity contribution < 1.29 is 4.74 Å². The van der Waals surface area contributed by atoms with Crippen LogP contribution in [0.15, 0.2) is 46.2 Å². The summed E-state index contributed by atoms with van der Waals surface area (Å²) in [6.45, 7) is 6.31. The number of rotatable bonds is 5. The van der Waals surface area contributed by atoms with E-state index in [1.807, 2.05) is 51.1 Å². The van der Waals surface area contributed by atoms with Crippen molar-refractivity contribution in [3.05, 3.63) is 68.6 Å². The summed E-state index contributed by atoms with van der Waals surface area (Å²) in [5.41, 5.74) is 3.49. The number of ether oxygens (including phenoxy) is 1. The van der Waals surface area contributed by atoms with E-state index in [9.17, 15) is 4.79 Å². The highest BCUT2D eigenvalue weighted by Crippen LogP contribution is 2.30. The third-order valence-corrected chi connectivity index (χ3v) is 5.83. The molecule has 0 saturated carbocycles. The van der Waals surface area contributed by atoms with E-state index in [4.69, 9.17) is 16.3 Å². The largest absolute Gasteiger partial charge is 0.494 e. The van der Waals surface area contributed by atoms with Gasteiger partial charge in [0.2, 0.25) is 5.13 Å². The number of aryl methyl sites for hydroxylation is 2. The molecule has 0 aliphatic heterocycles. The summed E-state index contributed by atoms with van der Waals surface area (Å²) in [6.07, 6.45) is 1.56. The van der Waals surface area contributed by atoms with E-state index >= 15 is 0 Å². The first-order valence-electron chi connectivity index (χ1n) is 9.12. The van der Waals surface area contributed by atoms with Gasteiger partial charge in [0.15, 0.2) is 0 Å². The van der Waals surface area contributed by atoms with Gasteiger partial charge in [-0.05, 0) is 56.7 Å². The Labute approximate surface area is 176 Å². The van der Waals surface area contributed by atoms with Crippen molar-refractivity contribution in [2.45, 2.75) is 20.8 Å². The second-order valence-electron chi connectivity index (χ2n) is 6.54. The minimum absolute atomic E-state index is 0.189. The molecule has 0 saturated heterocycles. The zero-order valence-corrected chi connectivity index (χ0v) is 17.8. The highest BCUT2D eigenvalue weighted by molar-refractivity contribution is 7.22. The molecule has 0 atom stereocenters. The lowest BCUT2D eigenvalue weighted by Gasteiger charge is -2.03. The summed E-state index contributed by atoms with van der Waals surface area (Å²) < 4.78 is 7.98. The van der Waals surface area contributed by atoms with Crippen LogP contribution in [-0.4, -0.2) is 27.6 Å². The topological polar surface area (TPSA) is 72.3 Å². The van der Waals surface area contributed by atoms with Crippen molar-refractivity contribution in [3.63, 3.8) is 0 Å². The molecular weight excluding hydrogens is 408 g/mol.